The molecular weight excluding hydrogens is 347 g/mol. The van der Waals surface area contributed by atoms with Crippen molar-refractivity contribution in [2.75, 3.05) is 26.7 Å². The maximum absolute atomic E-state index is 12.9. The van der Waals surface area contributed by atoms with E-state index in [9.17, 15) is 9.18 Å². The van der Waals surface area contributed by atoms with E-state index in [4.69, 9.17) is 4.74 Å². The molecule has 0 bridgehead atoms. The van der Waals surface area contributed by atoms with Crippen molar-refractivity contribution >= 4 is 11.9 Å². The van der Waals surface area contributed by atoms with Gasteiger partial charge >= 0.3 is 0 Å². The summed E-state index contributed by atoms with van der Waals surface area (Å²) in [5.41, 5.74) is 0. The molecule has 1 aromatic carbocycles. The van der Waals surface area contributed by atoms with Crippen molar-refractivity contribution in [3.63, 3.8) is 0 Å². The Labute approximate surface area is 161 Å². The SMILES string of the molecule is CN=C(NCCNC(=O)CC1CCCC1)NCC(C)Oc1ccc(F)cc1. The smallest absolute Gasteiger partial charge is 0.220 e. The predicted octanol–water partition coefficient (Wildman–Crippen LogP) is 2.45. The monoisotopic (exact) mass is 378 g/mol. The first-order chi connectivity index (χ1) is 13.1. The van der Waals surface area contributed by atoms with Crippen molar-refractivity contribution in [2.45, 2.75) is 45.1 Å². The van der Waals surface area contributed by atoms with Gasteiger partial charge in [0, 0.05) is 26.6 Å². The summed E-state index contributed by atoms with van der Waals surface area (Å²) in [7, 11) is 1.69. The van der Waals surface area contributed by atoms with Crippen LogP contribution in [0.1, 0.15) is 39.0 Å². The fourth-order valence-corrected chi connectivity index (χ4v) is 3.18. The molecule has 0 saturated heterocycles. The van der Waals surface area contributed by atoms with Crippen LogP contribution in [0.4, 0.5) is 4.39 Å². The van der Waals surface area contributed by atoms with Gasteiger partial charge in [0.15, 0.2) is 5.96 Å². The number of nitrogens with zero attached hydrogens (tertiary/aromatic N) is 1. The molecule has 1 fully saturated rings. The van der Waals surface area contributed by atoms with Crippen LogP contribution in [0.25, 0.3) is 0 Å². The molecular formula is C20H31FN4O2. The molecule has 1 aliphatic carbocycles. The Morgan fingerprint density at radius 2 is 1.85 bits per heavy atom. The molecule has 27 heavy (non-hydrogen) atoms. The number of nitrogens with one attached hydrogen (secondary N) is 3. The largest absolute Gasteiger partial charge is 0.489 e. The highest BCUT2D eigenvalue weighted by Crippen LogP contribution is 2.27. The molecule has 2 rings (SSSR count). The Kier molecular flexibility index (Phi) is 8.87. The van der Waals surface area contributed by atoms with Gasteiger partial charge in [-0.1, -0.05) is 12.8 Å². The molecule has 6 nitrogen and oxygen atoms in total. The van der Waals surface area contributed by atoms with E-state index in [-0.39, 0.29) is 17.8 Å². The minimum Gasteiger partial charge on any atom is -0.489 e. The number of benzene rings is 1. The Balaban J connectivity index is 1.58. The number of amides is 1. The van der Waals surface area contributed by atoms with Gasteiger partial charge in [0.1, 0.15) is 17.7 Å². The van der Waals surface area contributed by atoms with Crippen molar-refractivity contribution in [2.24, 2.45) is 10.9 Å². The molecule has 1 aromatic rings. The maximum atomic E-state index is 12.9. The predicted molar refractivity (Wildman–Crippen MR) is 105 cm³/mol. The van der Waals surface area contributed by atoms with Gasteiger partial charge in [-0.2, -0.15) is 0 Å². The summed E-state index contributed by atoms with van der Waals surface area (Å²) in [6, 6.07) is 5.95. The number of halogens is 1. The number of rotatable bonds is 9. The van der Waals surface area contributed by atoms with Crippen LogP contribution in [-0.2, 0) is 4.79 Å². The fourth-order valence-electron chi connectivity index (χ4n) is 3.18. The maximum Gasteiger partial charge on any atom is 0.220 e. The third-order valence-electron chi connectivity index (χ3n) is 4.62. The summed E-state index contributed by atoms with van der Waals surface area (Å²) < 4.78 is 18.6. The third kappa shape index (κ3) is 8.28. The number of ether oxygens (including phenoxy) is 1. The van der Waals surface area contributed by atoms with E-state index >= 15 is 0 Å². The average Bonchev–Trinajstić information content (AvgIpc) is 3.16. The number of aliphatic imine (C=N–C) groups is 1. The molecule has 0 heterocycles. The summed E-state index contributed by atoms with van der Waals surface area (Å²) in [5.74, 6) is 1.68. The molecule has 3 N–H and O–H groups in total. The zero-order valence-corrected chi connectivity index (χ0v) is 16.3. The molecule has 7 heteroatoms. The lowest BCUT2D eigenvalue weighted by atomic mass is 10.0. The lowest BCUT2D eigenvalue weighted by molar-refractivity contribution is -0.121. The molecule has 1 unspecified atom stereocenters. The fraction of sp³-hybridized carbons (Fsp3) is 0.600. The summed E-state index contributed by atoms with van der Waals surface area (Å²) in [6.45, 7) is 3.63. The zero-order chi connectivity index (χ0) is 19.5. The van der Waals surface area contributed by atoms with E-state index in [2.05, 4.69) is 20.9 Å². The molecule has 0 aliphatic heterocycles. The second kappa shape index (κ2) is 11.4. The van der Waals surface area contributed by atoms with E-state index in [1.54, 1.807) is 19.2 Å². The molecule has 1 atom stereocenters. The lowest BCUT2D eigenvalue weighted by Gasteiger charge is -2.18. The summed E-state index contributed by atoms with van der Waals surface area (Å²) in [6.07, 6.45) is 5.40. The number of guanidine groups is 1. The number of hydrogen-bond acceptors (Lipinski definition) is 3. The minimum absolute atomic E-state index is 0.111. The van der Waals surface area contributed by atoms with Crippen molar-refractivity contribution < 1.29 is 13.9 Å². The summed E-state index contributed by atoms with van der Waals surface area (Å²) >= 11 is 0. The van der Waals surface area contributed by atoms with Crippen LogP contribution in [-0.4, -0.2) is 44.7 Å². The average molecular weight is 378 g/mol. The van der Waals surface area contributed by atoms with E-state index in [1.807, 2.05) is 6.92 Å². The quantitative estimate of drug-likeness (QED) is 0.351. The van der Waals surface area contributed by atoms with Gasteiger partial charge in [-0.05, 0) is 49.9 Å². The van der Waals surface area contributed by atoms with E-state index in [1.165, 1.54) is 37.8 Å². The second-order valence-electron chi connectivity index (χ2n) is 6.97. The molecule has 0 radical (unpaired) electrons. The van der Waals surface area contributed by atoms with Crippen LogP contribution in [0.5, 0.6) is 5.75 Å². The van der Waals surface area contributed by atoms with Crippen LogP contribution >= 0.6 is 0 Å². The standard InChI is InChI=1S/C20H31FN4O2/c1-15(27-18-9-7-17(21)8-10-18)14-25-20(22-2)24-12-11-23-19(26)13-16-5-3-4-6-16/h7-10,15-16H,3-6,11-14H2,1-2H3,(H,23,26)(H2,22,24,25). The van der Waals surface area contributed by atoms with Crippen LogP contribution in [0.3, 0.4) is 0 Å². The Morgan fingerprint density at radius 1 is 1.19 bits per heavy atom. The highest BCUT2D eigenvalue weighted by atomic mass is 19.1. The normalized spacial score (nSPS) is 16.0. The zero-order valence-electron chi connectivity index (χ0n) is 16.3. The van der Waals surface area contributed by atoms with Crippen LogP contribution in [0.2, 0.25) is 0 Å². The molecule has 150 valence electrons. The van der Waals surface area contributed by atoms with Gasteiger partial charge in [-0.15, -0.1) is 0 Å². The van der Waals surface area contributed by atoms with Crippen molar-refractivity contribution in [3.05, 3.63) is 30.1 Å². The Hall–Kier alpha value is -2.31. The first kappa shape index (κ1) is 21.0. The molecule has 1 saturated carbocycles. The van der Waals surface area contributed by atoms with Gasteiger partial charge < -0.3 is 20.7 Å². The minimum atomic E-state index is -0.284. The first-order valence-corrected chi connectivity index (χ1v) is 9.70. The van der Waals surface area contributed by atoms with Gasteiger partial charge in [-0.3, -0.25) is 9.79 Å². The van der Waals surface area contributed by atoms with Gasteiger partial charge in [0.05, 0.1) is 6.54 Å². The molecule has 1 amide bonds. The molecule has 0 aromatic heterocycles. The summed E-state index contributed by atoms with van der Waals surface area (Å²) in [5, 5.41) is 9.29. The van der Waals surface area contributed by atoms with Crippen molar-refractivity contribution in [1.82, 2.24) is 16.0 Å². The Morgan fingerprint density at radius 3 is 2.52 bits per heavy atom. The van der Waals surface area contributed by atoms with E-state index < -0.39 is 0 Å². The Bertz CT molecular complexity index is 601. The lowest BCUT2D eigenvalue weighted by Crippen LogP contribution is -2.44. The van der Waals surface area contributed by atoms with E-state index in [0.717, 1.165) is 0 Å². The summed E-state index contributed by atoms with van der Waals surface area (Å²) in [4.78, 5) is 16.1. The van der Waals surface area contributed by atoms with Gasteiger partial charge in [0.25, 0.3) is 0 Å². The second-order valence-corrected chi connectivity index (χ2v) is 6.97. The topological polar surface area (TPSA) is 74.8 Å². The molecule has 0 spiro atoms. The van der Waals surface area contributed by atoms with Crippen LogP contribution < -0.4 is 20.7 Å². The molecule has 1 aliphatic rings. The van der Waals surface area contributed by atoms with Crippen LogP contribution in [0, 0.1) is 11.7 Å². The van der Waals surface area contributed by atoms with Crippen LogP contribution in [0.15, 0.2) is 29.3 Å². The highest BCUT2D eigenvalue weighted by molar-refractivity contribution is 5.80. The van der Waals surface area contributed by atoms with E-state index in [0.29, 0.717) is 43.7 Å². The number of carbonyl (C=O) groups excluding carboxylic acids is 1. The third-order valence-corrected chi connectivity index (χ3v) is 4.62. The number of hydrogen-bond donors (Lipinski definition) is 3. The first-order valence-electron chi connectivity index (χ1n) is 9.70. The van der Waals surface area contributed by atoms with Crippen molar-refractivity contribution in [1.29, 1.82) is 0 Å². The van der Waals surface area contributed by atoms with Crippen molar-refractivity contribution in [3.8, 4) is 5.75 Å². The van der Waals surface area contributed by atoms with Gasteiger partial charge in [0.2, 0.25) is 5.91 Å². The number of carbonyl (C=O) groups is 1. The van der Waals surface area contributed by atoms with Gasteiger partial charge in [-0.25, -0.2) is 4.39 Å². The highest BCUT2D eigenvalue weighted by Gasteiger charge is 2.17.